The molecule has 1 rings (SSSR count). The zero-order valence-corrected chi connectivity index (χ0v) is 17.9. The Morgan fingerprint density at radius 1 is 0.658 bits per heavy atom. The van der Waals surface area contributed by atoms with Crippen LogP contribution in [0.3, 0.4) is 0 Å². The van der Waals surface area contributed by atoms with E-state index in [1.165, 1.54) is 0 Å². The highest BCUT2D eigenvalue weighted by molar-refractivity contribution is 6.32. The molecule has 0 aromatic heterocycles. The van der Waals surface area contributed by atoms with E-state index in [0.717, 1.165) is 6.07 Å². The van der Waals surface area contributed by atoms with Crippen LogP contribution in [-0.2, 0) is 13.2 Å². The molecule has 0 unspecified atom stereocenters. The number of rotatable bonds is 10. The zero-order valence-electron chi connectivity index (χ0n) is 17.2. The van der Waals surface area contributed by atoms with Crippen molar-refractivity contribution in [1.82, 2.24) is 0 Å². The number of aliphatic hydroxyl groups is 2. The predicted octanol–water partition coefficient (Wildman–Crippen LogP) is 7.19. The van der Waals surface area contributed by atoms with Crippen molar-refractivity contribution in [3.8, 4) is 5.75 Å². The molecular weight excluding hydrogens is 611 g/mol. The summed E-state index contributed by atoms with van der Waals surface area (Å²) < 4.78 is 229. The minimum Gasteiger partial charge on any atom is -0.428 e. The van der Waals surface area contributed by atoms with Gasteiger partial charge in [-0.15, -0.1) is 0 Å². The van der Waals surface area contributed by atoms with Gasteiger partial charge >= 0.3 is 47.7 Å². The molecule has 1 aromatic rings. The van der Waals surface area contributed by atoms with Crippen LogP contribution in [0.25, 0.3) is 0 Å². The molecule has 38 heavy (non-hydrogen) atoms. The first-order valence-corrected chi connectivity index (χ1v) is 9.18. The molecular formula is C17H8ClF17O3. The molecule has 0 bridgehead atoms. The highest BCUT2D eigenvalue weighted by atomic mass is 35.5. The Morgan fingerprint density at radius 2 is 1.08 bits per heavy atom. The fourth-order valence-electron chi connectivity index (χ4n) is 2.37. The third-order valence-corrected chi connectivity index (χ3v) is 4.93. The summed E-state index contributed by atoms with van der Waals surface area (Å²) in [5.41, 5.74) is -0.977. The molecule has 0 amide bonds. The van der Waals surface area contributed by atoms with E-state index < -0.39 is 88.7 Å². The third kappa shape index (κ3) is 4.93. The van der Waals surface area contributed by atoms with Gasteiger partial charge in [-0.25, -0.2) is 0 Å². The van der Waals surface area contributed by atoms with Gasteiger partial charge in [-0.1, -0.05) is 11.6 Å². The van der Waals surface area contributed by atoms with Gasteiger partial charge < -0.3 is 14.9 Å². The van der Waals surface area contributed by atoms with E-state index >= 15 is 0 Å². The van der Waals surface area contributed by atoms with Gasteiger partial charge in [0.2, 0.25) is 5.83 Å². The van der Waals surface area contributed by atoms with Gasteiger partial charge in [0, 0.05) is 5.56 Å². The number of aliphatic hydroxyl groups excluding tert-OH is 2. The van der Waals surface area contributed by atoms with Crippen LogP contribution >= 0.6 is 11.6 Å². The molecule has 0 spiro atoms. The number of allylic oxidation sites excluding steroid dienone is 1. The van der Waals surface area contributed by atoms with E-state index in [-0.39, 0.29) is 0 Å². The van der Waals surface area contributed by atoms with Crippen molar-refractivity contribution in [2.45, 2.75) is 54.9 Å². The number of benzene rings is 1. The lowest BCUT2D eigenvalue weighted by Gasteiger charge is -2.41. The molecule has 0 atom stereocenters. The van der Waals surface area contributed by atoms with E-state index in [2.05, 4.69) is 4.74 Å². The van der Waals surface area contributed by atoms with E-state index in [9.17, 15) is 74.6 Å². The van der Waals surface area contributed by atoms with Crippen molar-refractivity contribution in [3.05, 3.63) is 40.1 Å². The Hall–Kier alpha value is -2.22. The first-order chi connectivity index (χ1) is 16.7. The third-order valence-electron chi connectivity index (χ3n) is 4.50. The normalized spacial score (nSPS) is 15.5. The van der Waals surface area contributed by atoms with E-state index in [1.54, 1.807) is 0 Å². The lowest BCUT2D eigenvalue weighted by atomic mass is 9.91. The molecule has 0 fully saturated rings. The first-order valence-electron chi connectivity index (χ1n) is 8.80. The molecule has 0 aliphatic carbocycles. The SMILES string of the molecule is OCc1cc(CO)c(Cl)c(OC(F)=C(F)C(F)(F)C(F)(F)C(F)(F)C(F)(F)C(F)(F)C(F)(F)C(F)(F)F)c1. The Morgan fingerprint density at radius 3 is 1.47 bits per heavy atom. The maximum Gasteiger partial charge on any atom is 0.460 e. The highest BCUT2D eigenvalue weighted by Crippen LogP contribution is 2.63. The zero-order chi connectivity index (χ0) is 30.5. The van der Waals surface area contributed by atoms with Crippen molar-refractivity contribution in [2.24, 2.45) is 0 Å². The van der Waals surface area contributed by atoms with Crippen LogP contribution in [0.4, 0.5) is 74.6 Å². The quantitative estimate of drug-likeness (QED) is 0.216. The van der Waals surface area contributed by atoms with Gasteiger partial charge in [-0.2, -0.15) is 74.6 Å². The van der Waals surface area contributed by atoms with Crippen molar-refractivity contribution in [3.63, 3.8) is 0 Å². The van der Waals surface area contributed by atoms with Crippen LogP contribution in [0.15, 0.2) is 24.0 Å². The van der Waals surface area contributed by atoms with Crippen LogP contribution in [0, 0.1) is 0 Å². The van der Waals surface area contributed by atoms with Gasteiger partial charge in [0.25, 0.3) is 0 Å². The van der Waals surface area contributed by atoms with Gasteiger partial charge in [-0.3, -0.25) is 0 Å². The minimum atomic E-state index is -8.70. The molecule has 0 saturated carbocycles. The van der Waals surface area contributed by atoms with Gasteiger partial charge in [0.05, 0.1) is 18.2 Å². The molecule has 0 radical (unpaired) electrons. The van der Waals surface area contributed by atoms with Gasteiger partial charge in [0.1, 0.15) is 5.75 Å². The molecule has 21 heteroatoms. The van der Waals surface area contributed by atoms with E-state index in [1.807, 2.05) is 0 Å². The fraction of sp³-hybridized carbons (Fsp3) is 0.529. The molecule has 0 heterocycles. The average Bonchev–Trinajstić information content (AvgIpc) is 2.78. The largest absolute Gasteiger partial charge is 0.460 e. The monoisotopic (exact) mass is 618 g/mol. The molecule has 0 saturated heterocycles. The lowest BCUT2D eigenvalue weighted by molar-refractivity contribution is -0.451. The Bertz CT molecular complexity index is 1060. The van der Waals surface area contributed by atoms with Gasteiger partial charge in [-0.05, 0) is 17.7 Å². The van der Waals surface area contributed by atoms with E-state index in [4.69, 9.17) is 21.8 Å². The summed E-state index contributed by atoms with van der Waals surface area (Å²) >= 11 is 5.47. The average molecular weight is 619 g/mol. The molecule has 2 N–H and O–H groups in total. The maximum atomic E-state index is 13.9. The van der Waals surface area contributed by atoms with Crippen LogP contribution in [0.2, 0.25) is 5.02 Å². The van der Waals surface area contributed by atoms with Crippen molar-refractivity contribution < 1.29 is 89.6 Å². The van der Waals surface area contributed by atoms with Gasteiger partial charge in [0.15, 0.2) is 0 Å². The second-order valence-corrected chi connectivity index (χ2v) is 7.40. The Balaban J connectivity index is 3.68. The van der Waals surface area contributed by atoms with Crippen molar-refractivity contribution >= 4 is 11.6 Å². The Kier molecular flexibility index (Phi) is 8.96. The lowest BCUT2D eigenvalue weighted by Crippen LogP contribution is -2.72. The summed E-state index contributed by atoms with van der Waals surface area (Å²) in [4.78, 5) is 0. The highest BCUT2D eigenvalue weighted by Gasteiger charge is 2.93. The second kappa shape index (κ2) is 10.1. The smallest absolute Gasteiger partial charge is 0.428 e. The first kappa shape index (κ1) is 33.8. The van der Waals surface area contributed by atoms with Crippen LogP contribution in [0.5, 0.6) is 5.75 Å². The summed E-state index contributed by atoms with van der Waals surface area (Å²) in [7, 11) is 0. The number of alkyl halides is 15. The number of hydrogen-bond acceptors (Lipinski definition) is 3. The summed E-state index contributed by atoms with van der Waals surface area (Å²) in [6.45, 7) is -2.12. The van der Waals surface area contributed by atoms with Crippen LogP contribution in [0.1, 0.15) is 11.1 Å². The number of halogens is 18. The number of hydrogen-bond donors (Lipinski definition) is 2. The van der Waals surface area contributed by atoms with Crippen molar-refractivity contribution in [2.75, 3.05) is 0 Å². The maximum absolute atomic E-state index is 13.9. The van der Waals surface area contributed by atoms with Crippen LogP contribution in [-0.4, -0.2) is 51.9 Å². The second-order valence-electron chi connectivity index (χ2n) is 7.02. The fourth-order valence-corrected chi connectivity index (χ4v) is 2.58. The summed E-state index contributed by atoms with van der Waals surface area (Å²) in [6.07, 6.45) is -7.82. The molecule has 3 nitrogen and oxygen atoms in total. The summed E-state index contributed by atoms with van der Waals surface area (Å²) in [5, 5.41) is 17.0. The molecule has 0 aliphatic rings. The predicted molar refractivity (Wildman–Crippen MR) is 88.9 cm³/mol. The Labute approximate surface area is 203 Å². The molecule has 220 valence electrons. The van der Waals surface area contributed by atoms with Crippen molar-refractivity contribution in [1.29, 1.82) is 0 Å². The molecule has 1 aromatic carbocycles. The van der Waals surface area contributed by atoms with Crippen LogP contribution < -0.4 is 4.74 Å². The molecule has 0 aliphatic heterocycles. The van der Waals surface area contributed by atoms with E-state index in [0.29, 0.717) is 6.07 Å². The summed E-state index contributed by atoms with van der Waals surface area (Å²) in [6, 6.07) is -2.52. The standard InChI is InChI=1S/C17H8ClF17O3/c18-8-6(4-37)1-5(3-36)2-7(8)38-10(20)9(19)11(21,22)12(23,24)13(25,26)14(27,28)15(29,30)16(31,32)17(33,34)35/h1-2,36-37H,3-4H2. The summed E-state index contributed by atoms with van der Waals surface area (Å²) in [5.74, 6) is -56.2. The topological polar surface area (TPSA) is 49.7 Å². The minimum absolute atomic E-state index is 0.354. The number of ether oxygens (including phenoxy) is 1.